The topological polar surface area (TPSA) is 117 Å². The van der Waals surface area contributed by atoms with E-state index in [-0.39, 0.29) is 10.5 Å². The summed E-state index contributed by atoms with van der Waals surface area (Å²) in [6.07, 6.45) is 5.52. The van der Waals surface area contributed by atoms with Crippen LogP contribution in [0.5, 0.6) is 0 Å². The fourth-order valence-corrected chi connectivity index (χ4v) is 5.69. The van der Waals surface area contributed by atoms with Gasteiger partial charge in [-0.15, -0.1) is 0 Å². The van der Waals surface area contributed by atoms with Crippen LogP contribution in [-0.2, 0) is 19.6 Å². The molecular weight excluding hydrogens is 490 g/mol. The van der Waals surface area contributed by atoms with Crippen molar-refractivity contribution in [3.05, 3.63) is 71.9 Å². The predicted molar refractivity (Wildman–Crippen MR) is 140 cm³/mol. The first-order valence-corrected chi connectivity index (χ1v) is 13.5. The average molecular weight is 520 g/mol. The van der Waals surface area contributed by atoms with Gasteiger partial charge in [0.05, 0.1) is 10.6 Å². The molecule has 0 bridgehead atoms. The molecule has 10 heteroatoms. The Labute approximate surface area is 217 Å². The third-order valence-corrected chi connectivity index (χ3v) is 7.94. The first-order valence-electron chi connectivity index (χ1n) is 12.1. The number of nitriles is 1. The van der Waals surface area contributed by atoms with E-state index >= 15 is 0 Å². The lowest BCUT2D eigenvalue weighted by Gasteiger charge is -2.16. The van der Waals surface area contributed by atoms with Crippen LogP contribution in [0.2, 0.25) is 0 Å². The largest absolute Gasteiger partial charge is 0.385 e. The number of hydrogen-bond donors (Lipinski definition) is 1. The van der Waals surface area contributed by atoms with Crippen LogP contribution in [0.25, 0.3) is 23.0 Å². The maximum absolute atomic E-state index is 13.2. The molecule has 0 radical (unpaired) electrons. The van der Waals surface area contributed by atoms with Crippen molar-refractivity contribution >= 4 is 22.0 Å². The van der Waals surface area contributed by atoms with Crippen LogP contribution in [-0.4, -0.2) is 61.8 Å². The second-order valence-corrected chi connectivity index (χ2v) is 10.6. The molecule has 4 rings (SSSR count). The number of hydrogen-bond acceptors (Lipinski definition) is 6. The van der Waals surface area contributed by atoms with Gasteiger partial charge < -0.3 is 10.1 Å². The Hall–Kier alpha value is -3.78. The third kappa shape index (κ3) is 6.14. The van der Waals surface area contributed by atoms with E-state index in [4.69, 9.17) is 9.84 Å². The fourth-order valence-electron chi connectivity index (χ4n) is 4.13. The Bertz CT molecular complexity index is 1420. The monoisotopic (exact) mass is 519 g/mol. The summed E-state index contributed by atoms with van der Waals surface area (Å²) in [5, 5.41) is 17.1. The van der Waals surface area contributed by atoms with Crippen LogP contribution >= 0.6 is 0 Å². The highest BCUT2D eigenvalue weighted by molar-refractivity contribution is 7.89. The fraction of sp³-hybridized carbons (Fsp3) is 0.296. The molecule has 192 valence electrons. The molecule has 0 saturated carbocycles. The number of ether oxygens (including phenoxy) is 1. The Balaban J connectivity index is 1.74. The lowest BCUT2D eigenvalue weighted by atomic mass is 10.1. The van der Waals surface area contributed by atoms with E-state index in [0.29, 0.717) is 49.5 Å². The Kier molecular flexibility index (Phi) is 8.50. The van der Waals surface area contributed by atoms with Gasteiger partial charge in [0.1, 0.15) is 17.3 Å². The number of aromatic nitrogens is 2. The third-order valence-electron chi connectivity index (χ3n) is 6.05. The molecule has 37 heavy (non-hydrogen) atoms. The number of para-hydroxylation sites is 1. The van der Waals surface area contributed by atoms with Gasteiger partial charge in [-0.25, -0.2) is 13.1 Å². The molecule has 0 unspecified atom stereocenters. The molecule has 1 aliphatic heterocycles. The maximum atomic E-state index is 13.2. The normalized spacial score (nSPS) is 14.4. The lowest BCUT2D eigenvalue weighted by Crippen LogP contribution is -2.27. The molecule has 3 aromatic rings. The summed E-state index contributed by atoms with van der Waals surface area (Å²) >= 11 is 0. The minimum atomic E-state index is -3.63. The molecule has 2 heterocycles. The predicted octanol–water partition coefficient (Wildman–Crippen LogP) is 3.38. The van der Waals surface area contributed by atoms with Crippen LogP contribution in [0.15, 0.2) is 71.3 Å². The number of amides is 1. The van der Waals surface area contributed by atoms with Crippen molar-refractivity contribution in [2.24, 2.45) is 0 Å². The summed E-state index contributed by atoms with van der Waals surface area (Å²) in [6.45, 7) is 1.89. The second kappa shape index (κ2) is 12.0. The highest BCUT2D eigenvalue weighted by Gasteiger charge is 2.27. The Morgan fingerprint density at radius 2 is 1.92 bits per heavy atom. The zero-order chi connectivity index (χ0) is 26.3. The maximum Gasteiger partial charge on any atom is 0.261 e. The van der Waals surface area contributed by atoms with Crippen LogP contribution < -0.4 is 5.32 Å². The standard InChI is InChI=1S/C27H29N5O4S/c1-36-16-8-13-29-27(33)22(19-28)17-23-20-32(24-10-3-2-4-11-24)30-26(23)21-9-7-12-25(18-21)37(34,35)31-14-5-6-15-31/h2-4,7,9-12,17-18,20H,5-6,8,13-16H2,1H3,(H,29,33). The van der Waals surface area contributed by atoms with Crippen molar-refractivity contribution in [2.45, 2.75) is 24.2 Å². The van der Waals surface area contributed by atoms with E-state index < -0.39 is 15.9 Å². The van der Waals surface area contributed by atoms with Gasteiger partial charge in [-0.05, 0) is 49.6 Å². The molecule has 1 N–H and O–H groups in total. The molecule has 1 aliphatic rings. The van der Waals surface area contributed by atoms with Crippen LogP contribution in [0.4, 0.5) is 0 Å². The van der Waals surface area contributed by atoms with Gasteiger partial charge in [0, 0.05) is 50.7 Å². The summed E-state index contributed by atoms with van der Waals surface area (Å²) in [6, 6.07) is 18.0. The van der Waals surface area contributed by atoms with Crippen molar-refractivity contribution in [3.63, 3.8) is 0 Å². The van der Waals surface area contributed by atoms with Crippen LogP contribution in [0.1, 0.15) is 24.8 Å². The van der Waals surface area contributed by atoms with Gasteiger partial charge in [0.2, 0.25) is 10.0 Å². The van der Waals surface area contributed by atoms with Crippen LogP contribution in [0.3, 0.4) is 0 Å². The van der Waals surface area contributed by atoms with E-state index in [1.165, 1.54) is 10.4 Å². The van der Waals surface area contributed by atoms with E-state index in [9.17, 15) is 18.5 Å². The van der Waals surface area contributed by atoms with E-state index in [1.54, 1.807) is 42.3 Å². The van der Waals surface area contributed by atoms with E-state index in [0.717, 1.165) is 18.5 Å². The number of carbonyl (C=O) groups excluding carboxylic acids is 1. The molecule has 9 nitrogen and oxygen atoms in total. The minimum Gasteiger partial charge on any atom is -0.385 e. The number of nitrogens with one attached hydrogen (secondary N) is 1. The highest BCUT2D eigenvalue weighted by atomic mass is 32.2. The first kappa shape index (κ1) is 26.3. The summed E-state index contributed by atoms with van der Waals surface area (Å²) in [5.41, 5.74) is 2.25. The summed E-state index contributed by atoms with van der Waals surface area (Å²) in [4.78, 5) is 12.8. The summed E-state index contributed by atoms with van der Waals surface area (Å²) in [7, 11) is -2.04. The van der Waals surface area contributed by atoms with Crippen molar-refractivity contribution in [1.29, 1.82) is 5.26 Å². The van der Waals surface area contributed by atoms with E-state index in [2.05, 4.69) is 5.32 Å². The molecule has 0 spiro atoms. The molecule has 1 saturated heterocycles. The number of methoxy groups -OCH3 is 1. The van der Waals surface area contributed by atoms with Crippen molar-refractivity contribution in [3.8, 4) is 23.0 Å². The number of nitrogens with zero attached hydrogens (tertiary/aromatic N) is 4. The van der Waals surface area contributed by atoms with E-state index in [1.807, 2.05) is 36.4 Å². The number of benzene rings is 2. The molecule has 2 aromatic carbocycles. The Morgan fingerprint density at radius 3 is 2.62 bits per heavy atom. The molecule has 1 fully saturated rings. The molecule has 0 atom stereocenters. The highest BCUT2D eigenvalue weighted by Crippen LogP contribution is 2.29. The van der Waals surface area contributed by atoms with Crippen molar-refractivity contribution < 1.29 is 17.9 Å². The quantitative estimate of drug-likeness (QED) is 0.249. The van der Waals surface area contributed by atoms with Crippen molar-refractivity contribution in [2.75, 3.05) is 33.4 Å². The lowest BCUT2D eigenvalue weighted by molar-refractivity contribution is -0.117. The molecule has 1 aromatic heterocycles. The second-order valence-electron chi connectivity index (χ2n) is 8.62. The minimum absolute atomic E-state index is 0.0767. The number of sulfonamides is 1. The smallest absolute Gasteiger partial charge is 0.261 e. The Morgan fingerprint density at radius 1 is 1.16 bits per heavy atom. The number of rotatable bonds is 10. The zero-order valence-electron chi connectivity index (χ0n) is 20.6. The SMILES string of the molecule is COCCCNC(=O)C(C#N)=Cc1cn(-c2ccccc2)nc1-c1cccc(S(=O)(=O)N2CCCC2)c1. The van der Waals surface area contributed by atoms with Crippen molar-refractivity contribution in [1.82, 2.24) is 19.4 Å². The van der Waals surface area contributed by atoms with Gasteiger partial charge in [0.15, 0.2) is 0 Å². The zero-order valence-corrected chi connectivity index (χ0v) is 21.4. The average Bonchev–Trinajstić information content (AvgIpc) is 3.61. The first-order chi connectivity index (χ1) is 17.9. The molecule has 1 amide bonds. The molecule has 0 aliphatic carbocycles. The number of carbonyl (C=O) groups is 1. The van der Waals surface area contributed by atoms with Gasteiger partial charge in [-0.2, -0.15) is 14.7 Å². The van der Waals surface area contributed by atoms with Gasteiger partial charge >= 0.3 is 0 Å². The molecular formula is C27H29N5O4S. The van der Waals surface area contributed by atoms with Gasteiger partial charge in [-0.3, -0.25) is 4.79 Å². The van der Waals surface area contributed by atoms with Gasteiger partial charge in [0.25, 0.3) is 5.91 Å². The van der Waals surface area contributed by atoms with Gasteiger partial charge in [-0.1, -0.05) is 30.3 Å². The summed E-state index contributed by atoms with van der Waals surface area (Å²) < 4.78 is 34.5. The summed E-state index contributed by atoms with van der Waals surface area (Å²) in [5.74, 6) is -0.498. The van der Waals surface area contributed by atoms with Crippen LogP contribution in [0, 0.1) is 11.3 Å².